The number of hydrogen-bond acceptors (Lipinski definition) is 3. The maximum atomic E-state index is 12.9. The zero-order valence-electron chi connectivity index (χ0n) is 12.3. The molecule has 0 bridgehead atoms. The van der Waals surface area contributed by atoms with Crippen molar-refractivity contribution in [2.45, 2.75) is 25.8 Å². The second-order valence-corrected chi connectivity index (χ2v) is 6.84. The van der Waals surface area contributed by atoms with E-state index in [9.17, 15) is 9.59 Å². The van der Waals surface area contributed by atoms with Crippen molar-refractivity contribution in [3.8, 4) is 0 Å². The molecule has 1 aromatic carbocycles. The minimum Gasteiger partial charge on any atom is -0.287 e. The molecule has 1 aliphatic carbocycles. The van der Waals surface area contributed by atoms with Crippen LogP contribution in [-0.2, 0) is 26.4 Å². The van der Waals surface area contributed by atoms with Crippen LogP contribution in [0.25, 0.3) is 10.2 Å². The van der Waals surface area contributed by atoms with Crippen LogP contribution in [0.15, 0.2) is 39.9 Å². The van der Waals surface area contributed by atoms with Gasteiger partial charge in [-0.15, -0.1) is 11.3 Å². The summed E-state index contributed by atoms with van der Waals surface area (Å²) in [4.78, 5) is 27.6. The minimum absolute atomic E-state index is 0.138. The molecule has 5 heteroatoms. The van der Waals surface area contributed by atoms with Gasteiger partial charge < -0.3 is 0 Å². The molecule has 0 aliphatic heterocycles. The summed E-state index contributed by atoms with van der Waals surface area (Å²) in [5.41, 5.74) is 1.76. The van der Waals surface area contributed by atoms with Crippen LogP contribution in [0, 0.1) is 0 Å². The van der Waals surface area contributed by atoms with Gasteiger partial charge in [-0.2, -0.15) is 0 Å². The molecule has 0 fully saturated rings. The predicted octanol–water partition coefficient (Wildman–Crippen LogP) is 2.30. The van der Waals surface area contributed by atoms with Crippen molar-refractivity contribution in [3.63, 3.8) is 0 Å². The molecule has 22 heavy (non-hydrogen) atoms. The molecule has 3 aromatic rings. The van der Waals surface area contributed by atoms with E-state index in [-0.39, 0.29) is 11.2 Å². The van der Waals surface area contributed by atoms with Crippen LogP contribution in [0.4, 0.5) is 0 Å². The molecule has 0 radical (unpaired) electrons. The van der Waals surface area contributed by atoms with E-state index in [4.69, 9.17) is 0 Å². The first kappa shape index (κ1) is 13.5. The van der Waals surface area contributed by atoms with Crippen molar-refractivity contribution < 1.29 is 0 Å². The summed E-state index contributed by atoms with van der Waals surface area (Å²) < 4.78 is 2.99. The van der Waals surface area contributed by atoms with E-state index in [1.54, 1.807) is 23.0 Å². The highest BCUT2D eigenvalue weighted by atomic mass is 32.1. The third kappa shape index (κ3) is 1.89. The van der Waals surface area contributed by atoms with Crippen LogP contribution in [0.1, 0.15) is 22.4 Å². The van der Waals surface area contributed by atoms with Gasteiger partial charge in [-0.3, -0.25) is 13.9 Å². The van der Waals surface area contributed by atoms with Crippen molar-refractivity contribution in [3.05, 3.63) is 67.2 Å². The van der Waals surface area contributed by atoms with Gasteiger partial charge in [0.1, 0.15) is 4.83 Å². The van der Waals surface area contributed by atoms with Crippen molar-refractivity contribution >= 4 is 21.6 Å². The van der Waals surface area contributed by atoms with Crippen LogP contribution in [0.3, 0.4) is 0 Å². The zero-order chi connectivity index (χ0) is 15.3. The van der Waals surface area contributed by atoms with Crippen molar-refractivity contribution in [1.82, 2.24) is 9.13 Å². The zero-order valence-corrected chi connectivity index (χ0v) is 13.2. The molecule has 0 saturated heterocycles. The second-order valence-electron chi connectivity index (χ2n) is 5.76. The second kappa shape index (κ2) is 4.95. The quantitative estimate of drug-likeness (QED) is 0.729. The van der Waals surface area contributed by atoms with E-state index in [0.717, 1.165) is 35.0 Å². The van der Waals surface area contributed by atoms with Gasteiger partial charge in [0.25, 0.3) is 5.56 Å². The number of benzene rings is 1. The molecule has 4 nitrogen and oxygen atoms in total. The van der Waals surface area contributed by atoms with Gasteiger partial charge in [-0.25, -0.2) is 4.79 Å². The van der Waals surface area contributed by atoms with E-state index in [2.05, 4.69) is 0 Å². The average Bonchev–Trinajstić information content (AvgIpc) is 3.11. The van der Waals surface area contributed by atoms with Gasteiger partial charge >= 0.3 is 5.69 Å². The summed E-state index contributed by atoms with van der Waals surface area (Å²) in [5, 5.41) is 0.760. The first-order valence-corrected chi connectivity index (χ1v) is 8.26. The van der Waals surface area contributed by atoms with Crippen molar-refractivity contribution in [1.29, 1.82) is 0 Å². The number of aromatic nitrogens is 2. The third-order valence-electron chi connectivity index (χ3n) is 4.37. The molecule has 0 N–H and O–H groups in total. The Kier molecular flexibility index (Phi) is 3.04. The van der Waals surface area contributed by atoms with Crippen LogP contribution in [0.5, 0.6) is 0 Å². The first-order chi connectivity index (χ1) is 10.7. The number of aryl methyl sites for hydroxylation is 3. The van der Waals surface area contributed by atoms with Gasteiger partial charge in [0.05, 0.1) is 11.9 Å². The van der Waals surface area contributed by atoms with E-state index in [1.807, 2.05) is 30.3 Å². The largest absolute Gasteiger partial charge is 0.332 e. The number of nitrogens with zero attached hydrogens (tertiary/aromatic N) is 2. The highest BCUT2D eigenvalue weighted by molar-refractivity contribution is 7.18. The van der Waals surface area contributed by atoms with E-state index in [1.165, 1.54) is 15.0 Å². The number of thiophene rings is 1. The van der Waals surface area contributed by atoms with Gasteiger partial charge in [-0.1, -0.05) is 30.3 Å². The topological polar surface area (TPSA) is 44.0 Å². The van der Waals surface area contributed by atoms with Crippen LogP contribution >= 0.6 is 11.3 Å². The highest BCUT2D eigenvalue weighted by Gasteiger charge is 2.23. The number of rotatable bonds is 2. The van der Waals surface area contributed by atoms with E-state index in [0.29, 0.717) is 6.54 Å². The number of hydrogen-bond donors (Lipinski definition) is 0. The lowest BCUT2D eigenvalue weighted by molar-refractivity contribution is 0.662. The average molecular weight is 312 g/mol. The fourth-order valence-electron chi connectivity index (χ4n) is 3.24. The normalized spacial score (nSPS) is 13.7. The van der Waals surface area contributed by atoms with E-state index >= 15 is 0 Å². The van der Waals surface area contributed by atoms with Crippen LogP contribution < -0.4 is 11.2 Å². The van der Waals surface area contributed by atoms with Crippen molar-refractivity contribution in [2.24, 2.45) is 7.05 Å². The molecule has 2 heterocycles. The maximum Gasteiger partial charge on any atom is 0.332 e. The van der Waals surface area contributed by atoms with Gasteiger partial charge in [0.15, 0.2) is 0 Å². The molecule has 0 atom stereocenters. The molecule has 1 aliphatic rings. The molecular weight excluding hydrogens is 296 g/mol. The first-order valence-electron chi connectivity index (χ1n) is 7.45. The van der Waals surface area contributed by atoms with Crippen LogP contribution in [0.2, 0.25) is 0 Å². The van der Waals surface area contributed by atoms with Gasteiger partial charge in [0, 0.05) is 11.9 Å². The molecule has 0 amide bonds. The maximum absolute atomic E-state index is 12.9. The Morgan fingerprint density at radius 1 is 1.14 bits per heavy atom. The Balaban J connectivity index is 1.99. The summed E-state index contributed by atoms with van der Waals surface area (Å²) in [6.07, 6.45) is 3.09. The minimum atomic E-state index is -0.235. The summed E-state index contributed by atoms with van der Waals surface area (Å²) in [7, 11) is 1.76. The standard InChI is InChI=1S/C17H16N2O2S/c1-18-16-14(12-8-5-9-13(12)22-16)15(20)19(17(18)21)10-11-6-3-2-4-7-11/h2-4,6-7H,5,8-10H2,1H3. The highest BCUT2D eigenvalue weighted by Crippen LogP contribution is 2.34. The molecule has 4 rings (SSSR count). The molecule has 112 valence electrons. The lowest BCUT2D eigenvalue weighted by atomic mass is 10.2. The Hall–Kier alpha value is -2.14. The summed E-state index contributed by atoms with van der Waals surface area (Å²) in [6.45, 7) is 0.326. The molecule has 0 saturated carbocycles. The monoisotopic (exact) mass is 312 g/mol. The SMILES string of the molecule is Cn1c(=O)n(Cc2ccccc2)c(=O)c2c3c(sc21)CCC3. The summed E-state index contributed by atoms with van der Waals surface area (Å²) in [6, 6.07) is 9.65. The van der Waals surface area contributed by atoms with Crippen molar-refractivity contribution in [2.75, 3.05) is 0 Å². The van der Waals surface area contributed by atoms with Gasteiger partial charge in [-0.05, 0) is 30.4 Å². The fourth-order valence-corrected chi connectivity index (χ4v) is 4.58. The molecule has 2 aromatic heterocycles. The summed E-state index contributed by atoms with van der Waals surface area (Å²) >= 11 is 1.61. The Bertz CT molecular complexity index is 980. The Morgan fingerprint density at radius 2 is 1.91 bits per heavy atom. The Morgan fingerprint density at radius 3 is 2.68 bits per heavy atom. The smallest absolute Gasteiger partial charge is 0.287 e. The fraction of sp³-hybridized carbons (Fsp3) is 0.294. The van der Waals surface area contributed by atoms with Crippen LogP contribution in [-0.4, -0.2) is 9.13 Å². The summed E-state index contributed by atoms with van der Waals surface area (Å²) in [5.74, 6) is 0. The number of fused-ring (bicyclic) bond motifs is 3. The molecular formula is C17H16N2O2S. The third-order valence-corrected chi connectivity index (χ3v) is 5.74. The molecule has 0 unspecified atom stereocenters. The lowest BCUT2D eigenvalue weighted by Crippen LogP contribution is -2.39. The van der Waals surface area contributed by atoms with Gasteiger partial charge in [0.2, 0.25) is 0 Å². The van der Waals surface area contributed by atoms with E-state index < -0.39 is 0 Å². The lowest BCUT2D eigenvalue weighted by Gasteiger charge is -2.09. The predicted molar refractivity (Wildman–Crippen MR) is 88.9 cm³/mol. The molecule has 0 spiro atoms. The Labute approximate surface area is 131 Å².